The number of benzene rings is 3. The van der Waals surface area contributed by atoms with E-state index in [0.717, 1.165) is 53.7 Å². The van der Waals surface area contributed by atoms with Crippen LogP contribution in [-0.2, 0) is 16.2 Å². The van der Waals surface area contributed by atoms with Gasteiger partial charge in [0, 0.05) is 61.0 Å². The van der Waals surface area contributed by atoms with E-state index in [1.165, 1.54) is 6.42 Å². The van der Waals surface area contributed by atoms with Gasteiger partial charge in [-0.15, -0.1) is 0 Å². The van der Waals surface area contributed by atoms with Gasteiger partial charge in [0.2, 0.25) is 5.91 Å². The maximum absolute atomic E-state index is 14.8. The number of anilines is 1. The quantitative estimate of drug-likeness (QED) is 0.192. The molecular weight excluding hydrogens is 731 g/mol. The van der Waals surface area contributed by atoms with E-state index >= 15 is 0 Å². The predicted octanol–water partition coefficient (Wildman–Crippen LogP) is 6.00. The van der Waals surface area contributed by atoms with Gasteiger partial charge in [-0.1, -0.05) is 69.3 Å². The summed E-state index contributed by atoms with van der Waals surface area (Å²) in [6.45, 7) is 9.20. The Kier molecular flexibility index (Phi) is 12.3. The number of aliphatic hydroxyl groups excluding tert-OH is 2. The van der Waals surface area contributed by atoms with E-state index in [-0.39, 0.29) is 48.5 Å². The zero-order valence-corrected chi connectivity index (χ0v) is 35.9. The molecular formula is C47H65N5O6. The molecule has 2 bridgehead atoms. The van der Waals surface area contributed by atoms with E-state index in [4.69, 9.17) is 9.57 Å². The van der Waals surface area contributed by atoms with Crippen molar-refractivity contribution in [1.82, 2.24) is 20.2 Å². The molecule has 8 rings (SSSR count). The molecule has 3 aromatic carbocycles. The van der Waals surface area contributed by atoms with Crippen LogP contribution in [0.15, 0.2) is 66.7 Å². The standard InChI is InChI=1S/C47H65N5O6/c1-28-38-23-34(47(38,3)4)24-39(28)48-45(55)43-42(29(2)54)41(27-53)58-51(43)25-31-16-13-17-37(44(31)57-9)32-20-33(22-36(21-32)50(7)8)46(56)52-35(26-49(5)6)18-19-40(52)30-14-11-10-12-15-30/h10-17,20-22,28-29,34-35,38-43,53-54H,18-19,23-27H2,1-9H3,(H,48,55)/t28-,29-,34+,35+,38-,39-,40-,41-,42-,43-/m0/s1. The van der Waals surface area contributed by atoms with Gasteiger partial charge in [-0.05, 0) is 99.2 Å². The smallest absolute Gasteiger partial charge is 0.254 e. The van der Waals surface area contributed by atoms with E-state index in [1.807, 2.05) is 67.5 Å². The van der Waals surface area contributed by atoms with Crippen molar-refractivity contribution in [3.63, 3.8) is 0 Å². The van der Waals surface area contributed by atoms with Crippen LogP contribution in [0.4, 0.5) is 5.69 Å². The molecule has 11 heteroatoms. The second kappa shape index (κ2) is 16.9. The number of hydroxylamine groups is 2. The summed E-state index contributed by atoms with van der Waals surface area (Å²) in [5, 5.41) is 26.5. The second-order valence-electron chi connectivity index (χ2n) is 18.5. The lowest BCUT2D eigenvalue weighted by Gasteiger charge is -2.62. The van der Waals surface area contributed by atoms with E-state index < -0.39 is 24.2 Å². The first kappa shape index (κ1) is 42.1. The molecule has 0 aromatic heterocycles. The molecule has 11 nitrogen and oxygen atoms in total. The van der Waals surface area contributed by atoms with Crippen LogP contribution in [-0.4, -0.2) is 116 Å². The number of carbonyl (C=O) groups excluding carboxylic acids is 2. The van der Waals surface area contributed by atoms with Crippen molar-refractivity contribution >= 4 is 17.5 Å². The monoisotopic (exact) mass is 795 g/mol. The highest BCUT2D eigenvalue weighted by molar-refractivity contribution is 5.98. The molecule has 2 aliphatic heterocycles. The molecule has 3 N–H and O–H groups in total. The van der Waals surface area contributed by atoms with Gasteiger partial charge in [0.1, 0.15) is 17.9 Å². The van der Waals surface area contributed by atoms with E-state index in [9.17, 15) is 19.8 Å². The highest BCUT2D eigenvalue weighted by Gasteiger charge is 2.57. The third-order valence-electron chi connectivity index (χ3n) is 14.2. The van der Waals surface area contributed by atoms with Crippen LogP contribution in [0.5, 0.6) is 5.75 Å². The van der Waals surface area contributed by atoms with Crippen LogP contribution in [0, 0.1) is 29.1 Å². The minimum absolute atomic E-state index is 0.00930. The fourth-order valence-electron chi connectivity index (χ4n) is 10.9. The summed E-state index contributed by atoms with van der Waals surface area (Å²) in [5.41, 5.74) is 5.30. The number of nitrogens with zero attached hydrogens (tertiary/aromatic N) is 4. The van der Waals surface area contributed by atoms with Crippen molar-refractivity contribution in [3.8, 4) is 16.9 Å². The maximum Gasteiger partial charge on any atom is 0.254 e. The Labute approximate surface area is 345 Å². The summed E-state index contributed by atoms with van der Waals surface area (Å²) in [4.78, 5) is 41.8. The van der Waals surface area contributed by atoms with Crippen molar-refractivity contribution in [2.45, 2.75) is 96.3 Å². The number of methoxy groups -OCH3 is 1. The summed E-state index contributed by atoms with van der Waals surface area (Å²) in [6, 6.07) is 21.5. The zero-order valence-electron chi connectivity index (χ0n) is 35.9. The number of likely N-dealkylation sites (N-methyl/N-ethyl adjacent to an activating group) is 1. The Bertz CT molecular complexity index is 1940. The molecule has 10 atom stereocenters. The van der Waals surface area contributed by atoms with E-state index in [2.05, 4.69) is 68.2 Å². The molecule has 2 saturated heterocycles. The van der Waals surface area contributed by atoms with Gasteiger partial charge in [0.05, 0.1) is 32.4 Å². The number of likely N-dealkylation sites (tertiary alicyclic amines) is 1. The fourth-order valence-corrected chi connectivity index (χ4v) is 10.9. The van der Waals surface area contributed by atoms with Crippen LogP contribution in [0.3, 0.4) is 0 Å². The average Bonchev–Trinajstić information content (AvgIpc) is 3.79. The topological polar surface area (TPSA) is 118 Å². The molecule has 58 heavy (non-hydrogen) atoms. The molecule has 314 valence electrons. The first-order valence-electron chi connectivity index (χ1n) is 21.2. The van der Waals surface area contributed by atoms with Crippen LogP contribution in [0.1, 0.15) is 80.9 Å². The third-order valence-corrected chi connectivity index (χ3v) is 14.2. The van der Waals surface area contributed by atoms with E-state index in [0.29, 0.717) is 29.1 Å². The number of nitrogens with one attached hydrogen (secondary N) is 1. The van der Waals surface area contributed by atoms with E-state index in [1.54, 1.807) is 19.1 Å². The Morgan fingerprint density at radius 3 is 2.38 bits per heavy atom. The van der Waals surface area contributed by atoms with Crippen molar-refractivity contribution in [2.24, 2.45) is 29.1 Å². The molecule has 5 fully saturated rings. The molecule has 0 radical (unpaired) electrons. The summed E-state index contributed by atoms with van der Waals surface area (Å²) in [5.74, 6) is 1.20. The van der Waals surface area contributed by atoms with Crippen LogP contribution >= 0.6 is 0 Å². The van der Waals surface area contributed by atoms with Crippen LogP contribution in [0.2, 0.25) is 0 Å². The summed E-state index contributed by atoms with van der Waals surface area (Å²) >= 11 is 0. The zero-order chi connectivity index (χ0) is 41.6. The average molecular weight is 796 g/mol. The van der Waals surface area contributed by atoms with Gasteiger partial charge in [0.25, 0.3) is 5.91 Å². The lowest BCUT2D eigenvalue weighted by atomic mass is 9.45. The number of hydrogen-bond acceptors (Lipinski definition) is 9. The van der Waals surface area contributed by atoms with Gasteiger partial charge in [-0.2, -0.15) is 5.06 Å². The first-order chi connectivity index (χ1) is 27.6. The molecule has 3 aromatic rings. The van der Waals surface area contributed by atoms with Gasteiger partial charge >= 0.3 is 0 Å². The number of hydrogen-bond donors (Lipinski definition) is 3. The Balaban J connectivity index is 1.21. The maximum atomic E-state index is 14.8. The number of rotatable bonds is 13. The molecule has 2 amide bonds. The summed E-state index contributed by atoms with van der Waals surface area (Å²) in [7, 11) is 9.69. The summed E-state index contributed by atoms with van der Waals surface area (Å²) < 4.78 is 6.18. The molecule has 0 spiro atoms. The van der Waals surface area contributed by atoms with Crippen molar-refractivity contribution in [2.75, 3.05) is 53.4 Å². The van der Waals surface area contributed by atoms with Crippen molar-refractivity contribution in [3.05, 3.63) is 83.4 Å². The fraction of sp³-hybridized carbons (Fsp3) is 0.574. The van der Waals surface area contributed by atoms with Crippen LogP contribution < -0.4 is 15.0 Å². The number of fused-ring (bicyclic) bond motifs is 2. The Morgan fingerprint density at radius 1 is 1.02 bits per heavy atom. The lowest BCUT2D eigenvalue weighted by molar-refractivity contribution is -0.183. The Morgan fingerprint density at radius 2 is 1.76 bits per heavy atom. The highest BCUT2D eigenvalue weighted by atomic mass is 16.7. The Hall–Kier alpha value is -4.00. The number of carbonyl (C=O) groups is 2. The molecule has 2 heterocycles. The van der Waals surface area contributed by atoms with Gasteiger partial charge < -0.3 is 35.0 Å². The SMILES string of the molecule is COc1c(CN2O[C@@H](CO)[C@H]([C@H](C)O)[C@H]2C(=O)N[C@H]2C[C@H]3C[C@@H]([C@@H]2C)C3(C)C)cccc1-c1cc(C(=O)N2[C@@H](CN(C)C)CC[C@H]2c2ccccc2)cc(N(C)C)c1. The largest absolute Gasteiger partial charge is 0.496 e. The molecule has 3 saturated carbocycles. The normalized spacial score (nSPS) is 29.6. The first-order valence-corrected chi connectivity index (χ1v) is 21.2. The number of ether oxygens (including phenoxy) is 1. The number of aliphatic hydroxyl groups is 2. The van der Waals surface area contributed by atoms with Gasteiger partial charge in [-0.25, -0.2) is 0 Å². The minimum atomic E-state index is -0.901. The molecule has 5 aliphatic rings. The number of para-hydroxylation sites is 1. The lowest BCUT2D eigenvalue weighted by Crippen LogP contribution is -2.62. The van der Waals surface area contributed by atoms with Gasteiger partial charge in [-0.3, -0.25) is 14.4 Å². The third kappa shape index (κ3) is 7.88. The van der Waals surface area contributed by atoms with Crippen molar-refractivity contribution in [1.29, 1.82) is 0 Å². The molecule has 3 aliphatic carbocycles. The second-order valence-corrected chi connectivity index (χ2v) is 18.5. The van der Waals surface area contributed by atoms with Crippen molar-refractivity contribution < 1.29 is 29.4 Å². The predicted molar refractivity (Wildman–Crippen MR) is 227 cm³/mol. The minimum Gasteiger partial charge on any atom is -0.496 e. The van der Waals surface area contributed by atoms with Gasteiger partial charge in [0.15, 0.2) is 0 Å². The molecule has 0 unspecified atom stereocenters. The summed E-state index contributed by atoms with van der Waals surface area (Å²) in [6.07, 6.45) is 2.29. The number of amides is 2. The van der Waals surface area contributed by atoms with Crippen LogP contribution in [0.25, 0.3) is 11.1 Å². The highest BCUT2D eigenvalue weighted by Crippen LogP contribution is 2.61.